The van der Waals surface area contributed by atoms with Crippen LogP contribution in [0.25, 0.3) is 0 Å². The Morgan fingerprint density at radius 1 is 0.971 bits per heavy atom. The Labute approximate surface area is 214 Å². The van der Waals surface area contributed by atoms with E-state index < -0.39 is 6.16 Å². The third-order valence-electron chi connectivity index (χ3n) is 10.4. The molecule has 0 aromatic rings. The molecule has 4 nitrogen and oxygen atoms in total. The zero-order valence-corrected chi connectivity index (χ0v) is 22.7. The average molecular weight is 487 g/mol. The molecule has 0 aromatic carbocycles. The normalized spacial score (nSPS) is 36.1. The number of allylic oxidation sites excluding steroid dienone is 1. The highest BCUT2D eigenvalue weighted by Crippen LogP contribution is 2.63. The summed E-state index contributed by atoms with van der Waals surface area (Å²) in [5.41, 5.74) is 1.53. The first kappa shape index (κ1) is 26.7. The van der Waals surface area contributed by atoms with Gasteiger partial charge in [0.15, 0.2) is 5.78 Å². The van der Waals surface area contributed by atoms with E-state index in [2.05, 4.69) is 20.8 Å². The molecule has 4 rings (SSSR count). The molecule has 4 aliphatic carbocycles. The Morgan fingerprint density at radius 3 is 2.46 bits per heavy atom. The van der Waals surface area contributed by atoms with E-state index in [0.29, 0.717) is 42.0 Å². The fraction of sp³-hybridized carbons (Fsp3) is 0.871. The summed E-state index contributed by atoms with van der Waals surface area (Å²) in [7, 11) is 0. The van der Waals surface area contributed by atoms with Gasteiger partial charge in [-0.2, -0.15) is 0 Å². The molecular weight excluding hydrogens is 436 g/mol. The Kier molecular flexibility index (Phi) is 9.38. The maximum atomic E-state index is 12.5. The fourth-order valence-electron chi connectivity index (χ4n) is 8.51. The Morgan fingerprint density at radius 2 is 1.71 bits per heavy atom. The van der Waals surface area contributed by atoms with Crippen molar-refractivity contribution in [1.29, 1.82) is 0 Å². The lowest BCUT2D eigenvalue weighted by molar-refractivity contribution is -0.118. The van der Waals surface area contributed by atoms with E-state index in [1.165, 1.54) is 56.9 Å². The maximum Gasteiger partial charge on any atom is 0.508 e. The minimum Gasteiger partial charge on any atom is -0.434 e. The Balaban J connectivity index is 1.24. The molecule has 0 aromatic heterocycles. The second-order valence-corrected chi connectivity index (χ2v) is 12.4. The largest absolute Gasteiger partial charge is 0.508 e. The smallest absolute Gasteiger partial charge is 0.434 e. The van der Waals surface area contributed by atoms with E-state index in [1.807, 2.05) is 6.08 Å². The number of unbranched alkanes of at least 4 members (excludes halogenated alkanes) is 7. The molecule has 0 unspecified atom stereocenters. The highest BCUT2D eigenvalue weighted by molar-refractivity contribution is 5.91. The first-order chi connectivity index (χ1) is 17.0. The number of carbonyl (C=O) groups excluding carboxylic acids is 2. The maximum absolute atomic E-state index is 12.5. The van der Waals surface area contributed by atoms with E-state index in [1.54, 1.807) is 0 Å². The fourth-order valence-corrected chi connectivity index (χ4v) is 8.51. The van der Waals surface area contributed by atoms with E-state index in [0.717, 1.165) is 51.4 Å². The van der Waals surface area contributed by atoms with Crippen LogP contribution in [0, 0.1) is 35.0 Å². The summed E-state index contributed by atoms with van der Waals surface area (Å²) >= 11 is 0. The van der Waals surface area contributed by atoms with Crippen molar-refractivity contribution in [1.82, 2.24) is 0 Å². The summed E-state index contributed by atoms with van der Waals surface area (Å²) in [5.74, 6) is 3.53. The van der Waals surface area contributed by atoms with Crippen molar-refractivity contribution in [3.63, 3.8) is 0 Å². The third-order valence-corrected chi connectivity index (χ3v) is 10.4. The highest BCUT2D eigenvalue weighted by Gasteiger charge is 2.58. The molecule has 0 saturated heterocycles. The van der Waals surface area contributed by atoms with Gasteiger partial charge in [-0.25, -0.2) is 4.79 Å². The molecule has 0 heterocycles. The standard InChI is InChI=1S/C31H50O4/c1-4-6-7-8-9-10-11-12-19-34-30(33)35-28-16-15-27-25-14-13-23-21-24(32)20-22(5-2)29(23)26(25)17-18-31(27,28)3/h21-22,25-29H,4-20H2,1-3H3/t22-,25-,26+,27+,28+,29+,31+/m1/s1. The predicted molar refractivity (Wildman–Crippen MR) is 140 cm³/mol. The van der Waals surface area contributed by atoms with Crippen LogP contribution in [0.15, 0.2) is 11.6 Å². The van der Waals surface area contributed by atoms with Crippen LogP contribution in [0.3, 0.4) is 0 Å². The zero-order valence-electron chi connectivity index (χ0n) is 22.7. The van der Waals surface area contributed by atoms with E-state index >= 15 is 0 Å². The number of ether oxygens (including phenoxy) is 2. The quantitative estimate of drug-likeness (QED) is 0.217. The van der Waals surface area contributed by atoms with Gasteiger partial charge in [-0.1, -0.05) is 77.7 Å². The van der Waals surface area contributed by atoms with Gasteiger partial charge in [-0.05, 0) is 80.6 Å². The number of ketones is 1. The molecule has 0 N–H and O–H groups in total. The Hall–Kier alpha value is -1.32. The molecular formula is C31H50O4. The second kappa shape index (κ2) is 12.3. The molecule has 4 aliphatic rings. The van der Waals surface area contributed by atoms with Crippen molar-refractivity contribution in [2.75, 3.05) is 6.61 Å². The molecule has 0 amide bonds. The topological polar surface area (TPSA) is 52.6 Å². The lowest BCUT2D eigenvalue weighted by Gasteiger charge is -2.55. The molecule has 0 bridgehead atoms. The van der Waals surface area contributed by atoms with Crippen molar-refractivity contribution in [3.05, 3.63) is 11.6 Å². The molecule has 3 fully saturated rings. The summed E-state index contributed by atoms with van der Waals surface area (Å²) in [6.07, 6.45) is 20.1. The van der Waals surface area contributed by atoms with Gasteiger partial charge in [0.1, 0.15) is 6.10 Å². The van der Waals surface area contributed by atoms with E-state index in [-0.39, 0.29) is 11.5 Å². The predicted octanol–water partition coefficient (Wildman–Crippen LogP) is 8.43. The second-order valence-electron chi connectivity index (χ2n) is 12.4. The van der Waals surface area contributed by atoms with Crippen LogP contribution >= 0.6 is 0 Å². The van der Waals surface area contributed by atoms with Gasteiger partial charge in [0.2, 0.25) is 0 Å². The minimum atomic E-state index is -0.451. The number of fused-ring (bicyclic) bond motifs is 5. The van der Waals surface area contributed by atoms with Gasteiger partial charge in [0.05, 0.1) is 6.61 Å². The van der Waals surface area contributed by atoms with Gasteiger partial charge in [0.25, 0.3) is 0 Å². The molecule has 198 valence electrons. The lowest BCUT2D eigenvalue weighted by atomic mass is 9.50. The Bertz CT molecular complexity index is 757. The minimum absolute atomic E-state index is 0.00800. The van der Waals surface area contributed by atoms with Crippen LogP contribution in [0.2, 0.25) is 0 Å². The van der Waals surface area contributed by atoms with Gasteiger partial charge in [-0.15, -0.1) is 0 Å². The summed E-state index contributed by atoms with van der Waals surface area (Å²) in [4.78, 5) is 24.8. The number of carbonyl (C=O) groups is 2. The van der Waals surface area contributed by atoms with Crippen LogP contribution in [0.1, 0.15) is 124 Å². The van der Waals surface area contributed by atoms with Crippen molar-refractivity contribution < 1.29 is 19.1 Å². The number of hydrogen-bond donors (Lipinski definition) is 0. The summed E-state index contributed by atoms with van der Waals surface area (Å²) in [6, 6.07) is 0. The molecule has 7 atom stereocenters. The van der Waals surface area contributed by atoms with E-state index in [9.17, 15) is 9.59 Å². The highest BCUT2D eigenvalue weighted by atomic mass is 16.7. The summed E-state index contributed by atoms with van der Waals surface area (Å²) < 4.78 is 11.5. The lowest BCUT2D eigenvalue weighted by Crippen LogP contribution is -2.49. The van der Waals surface area contributed by atoms with Crippen molar-refractivity contribution in [2.45, 2.75) is 130 Å². The van der Waals surface area contributed by atoms with Crippen molar-refractivity contribution >= 4 is 11.9 Å². The van der Waals surface area contributed by atoms with Crippen molar-refractivity contribution in [3.8, 4) is 0 Å². The summed E-state index contributed by atoms with van der Waals surface area (Å²) in [6.45, 7) is 7.37. The molecule has 3 saturated carbocycles. The van der Waals surface area contributed by atoms with Crippen LogP contribution in [-0.4, -0.2) is 24.6 Å². The molecule has 35 heavy (non-hydrogen) atoms. The SMILES string of the molecule is CCCCCCCCCCOC(=O)O[C@H]1CC[C@H]2[C@@H]3CCC4=CC(=O)C[C@@H](CC)[C@@H]4[C@H]3CC[C@]12C. The van der Waals surface area contributed by atoms with Crippen LogP contribution in [0.4, 0.5) is 4.79 Å². The van der Waals surface area contributed by atoms with Crippen LogP contribution in [-0.2, 0) is 14.3 Å². The number of rotatable bonds is 11. The van der Waals surface area contributed by atoms with Crippen LogP contribution in [0.5, 0.6) is 0 Å². The first-order valence-electron chi connectivity index (χ1n) is 15.0. The van der Waals surface area contributed by atoms with Gasteiger partial charge >= 0.3 is 6.16 Å². The molecule has 4 heteroatoms. The van der Waals surface area contributed by atoms with Gasteiger partial charge < -0.3 is 9.47 Å². The third kappa shape index (κ3) is 5.99. The average Bonchev–Trinajstić information content (AvgIpc) is 3.18. The van der Waals surface area contributed by atoms with Crippen molar-refractivity contribution in [2.24, 2.45) is 35.0 Å². The van der Waals surface area contributed by atoms with Gasteiger partial charge in [0, 0.05) is 11.8 Å². The summed E-state index contributed by atoms with van der Waals surface area (Å²) in [5, 5.41) is 0. The number of hydrogen-bond acceptors (Lipinski definition) is 4. The first-order valence-corrected chi connectivity index (χ1v) is 15.0. The molecule has 0 radical (unpaired) electrons. The van der Waals surface area contributed by atoms with E-state index in [4.69, 9.17) is 9.47 Å². The zero-order chi connectivity index (χ0) is 24.8. The van der Waals surface area contributed by atoms with Crippen LogP contribution < -0.4 is 0 Å². The van der Waals surface area contributed by atoms with Gasteiger partial charge in [-0.3, -0.25) is 4.79 Å². The molecule has 0 aliphatic heterocycles. The monoisotopic (exact) mass is 486 g/mol. The molecule has 0 spiro atoms.